The third-order valence-electron chi connectivity index (χ3n) is 4.81. The molecular weight excluding hydrogens is 588 g/mol. The molecular formula is C25H24BrClN2O7S. The number of amides is 1. The number of methoxy groups -OCH3 is 2. The molecule has 0 fully saturated rings. The van der Waals surface area contributed by atoms with Crippen LogP contribution in [0.2, 0.25) is 5.02 Å². The summed E-state index contributed by atoms with van der Waals surface area (Å²) in [7, 11) is -1.29. The number of halogens is 2. The van der Waals surface area contributed by atoms with Crippen LogP contribution in [0, 0.1) is 0 Å². The molecule has 12 heteroatoms. The molecule has 1 amide bonds. The van der Waals surface area contributed by atoms with Crippen LogP contribution < -0.4 is 23.8 Å². The second-order valence-electron chi connectivity index (χ2n) is 7.44. The molecule has 0 aliphatic heterocycles. The third-order valence-corrected chi connectivity index (χ3v) is 6.89. The van der Waals surface area contributed by atoms with E-state index in [4.69, 9.17) is 30.0 Å². The maximum atomic E-state index is 12.7. The van der Waals surface area contributed by atoms with Gasteiger partial charge in [0.15, 0.2) is 23.0 Å². The smallest absolute Gasteiger partial charge is 0.339 e. The van der Waals surface area contributed by atoms with Crippen molar-refractivity contribution in [3.63, 3.8) is 0 Å². The molecule has 37 heavy (non-hydrogen) atoms. The first-order valence-electron chi connectivity index (χ1n) is 10.9. The molecule has 0 aliphatic carbocycles. The van der Waals surface area contributed by atoms with Crippen LogP contribution in [0.5, 0.6) is 23.0 Å². The first-order chi connectivity index (χ1) is 17.7. The Hall–Kier alpha value is -3.28. The third kappa shape index (κ3) is 7.37. The molecule has 196 valence electrons. The minimum absolute atomic E-state index is 0.0453. The van der Waals surface area contributed by atoms with Gasteiger partial charge in [-0.05, 0) is 82.5 Å². The largest absolute Gasteiger partial charge is 0.493 e. The summed E-state index contributed by atoms with van der Waals surface area (Å²) in [5.41, 5.74) is 3.27. The number of hydrazone groups is 1. The van der Waals surface area contributed by atoms with Crippen LogP contribution >= 0.6 is 27.5 Å². The quantitative estimate of drug-likeness (QED) is 0.175. The summed E-state index contributed by atoms with van der Waals surface area (Å²) >= 11 is 9.14. The number of ether oxygens (including phenoxy) is 3. The number of carbonyl (C=O) groups excluding carboxylic acids is 1. The Morgan fingerprint density at radius 2 is 1.73 bits per heavy atom. The van der Waals surface area contributed by atoms with Crippen molar-refractivity contribution in [2.75, 3.05) is 20.8 Å². The minimum atomic E-state index is -4.15. The maximum absolute atomic E-state index is 12.7. The van der Waals surface area contributed by atoms with E-state index in [0.717, 1.165) is 6.42 Å². The average molecular weight is 612 g/mol. The van der Waals surface area contributed by atoms with Gasteiger partial charge in [-0.3, -0.25) is 4.79 Å². The van der Waals surface area contributed by atoms with Gasteiger partial charge >= 0.3 is 10.1 Å². The Bertz CT molecular complexity index is 1400. The van der Waals surface area contributed by atoms with E-state index in [0.29, 0.717) is 38.7 Å². The van der Waals surface area contributed by atoms with Crippen molar-refractivity contribution >= 4 is 49.8 Å². The molecule has 1 N–H and O–H groups in total. The van der Waals surface area contributed by atoms with Gasteiger partial charge in [-0.1, -0.05) is 18.5 Å². The number of nitrogens with one attached hydrogen (secondary N) is 1. The van der Waals surface area contributed by atoms with Crippen molar-refractivity contribution in [1.82, 2.24) is 5.43 Å². The van der Waals surface area contributed by atoms with Gasteiger partial charge in [-0.25, -0.2) is 5.43 Å². The molecule has 3 aromatic carbocycles. The normalized spacial score (nSPS) is 11.3. The molecule has 0 heterocycles. The fraction of sp³-hybridized carbons (Fsp3) is 0.200. The second-order valence-corrected chi connectivity index (χ2v) is 10.3. The molecule has 9 nitrogen and oxygen atoms in total. The van der Waals surface area contributed by atoms with Gasteiger partial charge in [-0.15, -0.1) is 0 Å². The van der Waals surface area contributed by atoms with E-state index in [9.17, 15) is 13.2 Å². The zero-order chi connectivity index (χ0) is 27.0. The number of nitrogens with zero attached hydrogens (tertiary/aromatic N) is 1. The lowest BCUT2D eigenvalue weighted by Crippen LogP contribution is -2.17. The lowest BCUT2D eigenvalue weighted by atomic mass is 10.2. The van der Waals surface area contributed by atoms with Crippen LogP contribution in [0.15, 0.2) is 69.1 Å². The average Bonchev–Trinajstić information content (AvgIpc) is 2.88. The predicted molar refractivity (Wildman–Crippen MR) is 144 cm³/mol. The highest BCUT2D eigenvalue weighted by Gasteiger charge is 2.22. The van der Waals surface area contributed by atoms with Gasteiger partial charge in [0.05, 0.1) is 31.5 Å². The van der Waals surface area contributed by atoms with E-state index in [-0.39, 0.29) is 16.4 Å². The van der Waals surface area contributed by atoms with Gasteiger partial charge in [0, 0.05) is 10.6 Å². The molecule has 0 radical (unpaired) electrons. The van der Waals surface area contributed by atoms with Gasteiger partial charge in [0.2, 0.25) is 0 Å². The SMILES string of the molecule is CCCOc1ccc(C(=O)N/N=C/c2cc(Br)c(OS(=O)(=O)c3ccc(Cl)cc3)c(OC)c2)cc1OC. The van der Waals surface area contributed by atoms with Crippen molar-refractivity contribution in [3.8, 4) is 23.0 Å². The number of carbonyl (C=O) groups is 1. The van der Waals surface area contributed by atoms with E-state index in [1.54, 1.807) is 24.3 Å². The highest BCUT2D eigenvalue weighted by molar-refractivity contribution is 9.10. The van der Waals surface area contributed by atoms with Crippen LogP contribution in [0.1, 0.15) is 29.3 Å². The van der Waals surface area contributed by atoms with Gasteiger partial charge in [0.1, 0.15) is 4.90 Å². The van der Waals surface area contributed by atoms with Gasteiger partial charge < -0.3 is 18.4 Å². The number of benzene rings is 3. The fourth-order valence-corrected chi connectivity index (χ4v) is 4.76. The Kier molecular flexibility index (Phi) is 9.79. The van der Waals surface area contributed by atoms with E-state index in [1.807, 2.05) is 6.92 Å². The molecule has 0 unspecified atom stereocenters. The monoisotopic (exact) mass is 610 g/mol. The highest BCUT2D eigenvalue weighted by atomic mass is 79.9. The standard InChI is InChI=1S/C25H24BrClN2O7S/c1-4-11-35-21-10-5-17(14-22(21)33-2)25(30)29-28-15-16-12-20(26)24(23(13-16)34-3)36-37(31,32)19-8-6-18(27)7-9-19/h5-10,12-15H,4,11H2,1-3H3,(H,29,30)/b28-15+. The van der Waals surface area contributed by atoms with E-state index >= 15 is 0 Å². The van der Waals surface area contributed by atoms with E-state index in [2.05, 4.69) is 26.5 Å². The molecule has 3 aromatic rings. The lowest BCUT2D eigenvalue weighted by molar-refractivity contribution is 0.0954. The molecule has 0 bridgehead atoms. The van der Waals surface area contributed by atoms with Crippen LogP contribution in [0.25, 0.3) is 0 Å². The topological polar surface area (TPSA) is 113 Å². The van der Waals surface area contributed by atoms with Gasteiger partial charge in [-0.2, -0.15) is 13.5 Å². The Morgan fingerprint density at radius 3 is 2.38 bits per heavy atom. The Balaban J connectivity index is 1.75. The first kappa shape index (κ1) is 28.3. The summed E-state index contributed by atoms with van der Waals surface area (Å²) in [6.07, 6.45) is 2.21. The van der Waals surface area contributed by atoms with Crippen LogP contribution in [-0.2, 0) is 10.1 Å². The summed E-state index contributed by atoms with van der Waals surface area (Å²) in [6.45, 7) is 2.52. The van der Waals surface area contributed by atoms with Crippen LogP contribution in [0.4, 0.5) is 0 Å². The van der Waals surface area contributed by atoms with E-state index < -0.39 is 16.0 Å². The Labute approximate surface area is 228 Å². The summed E-state index contributed by atoms with van der Waals surface area (Å²) in [5, 5.41) is 4.37. The van der Waals surface area contributed by atoms with Crippen molar-refractivity contribution in [3.05, 3.63) is 75.2 Å². The van der Waals surface area contributed by atoms with Crippen LogP contribution in [0.3, 0.4) is 0 Å². The van der Waals surface area contributed by atoms with Crippen molar-refractivity contribution < 1.29 is 31.6 Å². The zero-order valence-electron chi connectivity index (χ0n) is 20.2. The second kappa shape index (κ2) is 12.8. The lowest BCUT2D eigenvalue weighted by Gasteiger charge is -2.13. The number of hydrogen-bond acceptors (Lipinski definition) is 8. The predicted octanol–water partition coefficient (Wildman–Crippen LogP) is 5.44. The summed E-state index contributed by atoms with van der Waals surface area (Å²) in [5.74, 6) is 0.601. The maximum Gasteiger partial charge on any atom is 0.339 e. The highest BCUT2D eigenvalue weighted by Crippen LogP contribution is 2.38. The fourth-order valence-electron chi connectivity index (χ4n) is 3.02. The molecule has 0 saturated carbocycles. The molecule has 0 spiro atoms. The summed E-state index contributed by atoms with van der Waals surface area (Å²) in [4.78, 5) is 12.5. The van der Waals surface area contributed by atoms with Gasteiger partial charge in [0.25, 0.3) is 5.91 Å². The molecule has 0 aliphatic rings. The molecule has 3 rings (SSSR count). The molecule has 0 saturated heterocycles. The Morgan fingerprint density at radius 1 is 1.03 bits per heavy atom. The number of hydrogen-bond donors (Lipinski definition) is 1. The number of rotatable bonds is 11. The molecule has 0 aromatic heterocycles. The van der Waals surface area contributed by atoms with Crippen molar-refractivity contribution in [1.29, 1.82) is 0 Å². The molecule has 0 atom stereocenters. The zero-order valence-corrected chi connectivity index (χ0v) is 23.3. The minimum Gasteiger partial charge on any atom is -0.493 e. The van der Waals surface area contributed by atoms with Crippen LogP contribution in [-0.4, -0.2) is 41.4 Å². The summed E-state index contributed by atoms with van der Waals surface area (Å²) < 4.78 is 47.2. The van der Waals surface area contributed by atoms with Crippen molar-refractivity contribution in [2.45, 2.75) is 18.2 Å². The first-order valence-corrected chi connectivity index (χ1v) is 13.5. The van der Waals surface area contributed by atoms with E-state index in [1.165, 1.54) is 50.8 Å². The summed E-state index contributed by atoms with van der Waals surface area (Å²) in [6, 6.07) is 13.5. The van der Waals surface area contributed by atoms with Crippen molar-refractivity contribution in [2.24, 2.45) is 5.10 Å².